The molecule has 1 N–H and O–H groups in total. The van der Waals surface area contributed by atoms with Gasteiger partial charge in [-0.1, -0.05) is 42.8 Å². The molecular formula is C23H26N2O2S. The molecule has 5 heteroatoms. The topological polar surface area (TPSA) is 55.1 Å². The maximum absolute atomic E-state index is 12.8. The molecule has 3 rings (SSSR count). The minimum Gasteiger partial charge on any atom is -0.361 e. The quantitative estimate of drug-likeness (QED) is 0.464. The lowest BCUT2D eigenvalue weighted by Crippen LogP contribution is -2.13. The number of rotatable bonds is 8. The van der Waals surface area contributed by atoms with Gasteiger partial charge in [-0.15, -0.1) is 11.8 Å². The van der Waals surface area contributed by atoms with Crippen molar-refractivity contribution in [1.29, 1.82) is 0 Å². The number of thioether (sulfide) groups is 1. The van der Waals surface area contributed by atoms with E-state index >= 15 is 0 Å². The molecule has 146 valence electrons. The zero-order chi connectivity index (χ0) is 19.9. The minimum absolute atomic E-state index is 0.0943. The maximum atomic E-state index is 12.8. The molecule has 1 aromatic heterocycles. The number of carbonyl (C=O) groups excluding carboxylic acids is 1. The van der Waals surface area contributed by atoms with E-state index in [0.717, 1.165) is 39.8 Å². The van der Waals surface area contributed by atoms with Crippen LogP contribution in [-0.4, -0.2) is 11.1 Å². The Morgan fingerprint density at radius 1 is 1.11 bits per heavy atom. The molecule has 0 bridgehead atoms. The van der Waals surface area contributed by atoms with Crippen LogP contribution in [0.15, 0.2) is 57.9 Å². The van der Waals surface area contributed by atoms with Crippen molar-refractivity contribution in [2.75, 3.05) is 5.32 Å². The van der Waals surface area contributed by atoms with Gasteiger partial charge in [-0.25, -0.2) is 0 Å². The second-order valence-corrected chi connectivity index (χ2v) is 7.86. The molecule has 0 atom stereocenters. The number of nitrogens with one attached hydrogen (secondary N) is 1. The van der Waals surface area contributed by atoms with Gasteiger partial charge in [-0.05, 0) is 56.5 Å². The lowest BCUT2D eigenvalue weighted by atomic mass is 10.1. The van der Waals surface area contributed by atoms with Gasteiger partial charge in [-0.2, -0.15) is 0 Å². The molecule has 0 aliphatic rings. The van der Waals surface area contributed by atoms with Gasteiger partial charge < -0.3 is 9.84 Å². The number of hydrogen-bond donors (Lipinski definition) is 1. The highest BCUT2D eigenvalue weighted by molar-refractivity contribution is 7.98. The van der Waals surface area contributed by atoms with Gasteiger partial charge in [0, 0.05) is 21.9 Å². The zero-order valence-electron chi connectivity index (χ0n) is 16.6. The van der Waals surface area contributed by atoms with Crippen LogP contribution in [0.4, 0.5) is 5.69 Å². The molecule has 0 aliphatic heterocycles. The average Bonchev–Trinajstić information content (AvgIpc) is 3.03. The highest BCUT2D eigenvalue weighted by Crippen LogP contribution is 2.29. The van der Waals surface area contributed by atoms with Gasteiger partial charge >= 0.3 is 0 Å². The van der Waals surface area contributed by atoms with Crippen molar-refractivity contribution in [3.8, 4) is 0 Å². The van der Waals surface area contributed by atoms with E-state index < -0.39 is 0 Å². The molecule has 4 nitrogen and oxygen atoms in total. The van der Waals surface area contributed by atoms with E-state index in [1.165, 1.54) is 18.4 Å². The van der Waals surface area contributed by atoms with Crippen LogP contribution >= 0.6 is 11.8 Å². The first kappa shape index (κ1) is 20.2. The SMILES string of the molecule is CCCCc1ccc(NC(=O)c2ccccc2SCc2c(C)noc2C)cc1. The third kappa shape index (κ3) is 5.04. The summed E-state index contributed by atoms with van der Waals surface area (Å²) in [5, 5.41) is 7.01. The molecule has 0 radical (unpaired) electrons. The standard InChI is InChI=1S/C23H26N2O2S/c1-4-5-8-18-11-13-19(14-12-18)24-23(26)20-9-6-7-10-22(20)28-15-21-16(2)25-27-17(21)3/h6-7,9-14H,4-5,8,15H2,1-3H3,(H,24,26). The highest BCUT2D eigenvalue weighted by atomic mass is 32.2. The number of aryl methyl sites for hydroxylation is 3. The Morgan fingerprint density at radius 2 is 1.86 bits per heavy atom. The number of unbranched alkanes of at least 4 members (excludes halogenated alkanes) is 1. The molecule has 0 saturated carbocycles. The van der Waals surface area contributed by atoms with Gasteiger partial charge in [0.2, 0.25) is 0 Å². The molecule has 1 amide bonds. The second kappa shape index (κ2) is 9.60. The number of aromatic nitrogens is 1. The first-order valence-corrected chi connectivity index (χ1v) is 10.6. The number of amides is 1. The molecule has 0 aliphatic carbocycles. The predicted octanol–water partition coefficient (Wildman–Crippen LogP) is 6.18. The van der Waals surface area contributed by atoms with Crippen molar-refractivity contribution in [3.63, 3.8) is 0 Å². The maximum Gasteiger partial charge on any atom is 0.256 e. The Bertz CT molecular complexity index is 913. The van der Waals surface area contributed by atoms with E-state index in [1.54, 1.807) is 11.8 Å². The average molecular weight is 395 g/mol. The Morgan fingerprint density at radius 3 is 2.54 bits per heavy atom. The van der Waals surface area contributed by atoms with Crippen LogP contribution in [-0.2, 0) is 12.2 Å². The van der Waals surface area contributed by atoms with Gasteiger partial charge in [0.15, 0.2) is 0 Å². The fourth-order valence-corrected chi connectivity index (χ4v) is 4.18. The molecule has 0 spiro atoms. The fraction of sp³-hybridized carbons (Fsp3) is 0.304. The monoisotopic (exact) mass is 394 g/mol. The fourth-order valence-electron chi connectivity index (χ4n) is 2.97. The van der Waals surface area contributed by atoms with E-state index in [0.29, 0.717) is 5.56 Å². The van der Waals surface area contributed by atoms with Crippen LogP contribution in [0.2, 0.25) is 0 Å². The Labute approximate surface area is 170 Å². The number of benzene rings is 2. The van der Waals surface area contributed by atoms with Gasteiger partial charge in [-0.3, -0.25) is 4.79 Å². The molecule has 1 heterocycles. The van der Waals surface area contributed by atoms with Crippen LogP contribution in [0.5, 0.6) is 0 Å². The van der Waals surface area contributed by atoms with Gasteiger partial charge in [0.25, 0.3) is 5.91 Å². The molecular weight excluding hydrogens is 368 g/mol. The largest absolute Gasteiger partial charge is 0.361 e. The summed E-state index contributed by atoms with van der Waals surface area (Å²) in [4.78, 5) is 13.8. The van der Waals surface area contributed by atoms with Crippen molar-refractivity contribution in [1.82, 2.24) is 5.16 Å². The van der Waals surface area contributed by atoms with Crippen molar-refractivity contribution in [2.45, 2.75) is 50.7 Å². The lowest BCUT2D eigenvalue weighted by molar-refractivity contribution is 0.102. The van der Waals surface area contributed by atoms with Crippen molar-refractivity contribution in [2.24, 2.45) is 0 Å². The molecule has 0 unspecified atom stereocenters. The molecule has 0 saturated heterocycles. The predicted molar refractivity (Wildman–Crippen MR) is 115 cm³/mol. The van der Waals surface area contributed by atoms with Crippen molar-refractivity contribution in [3.05, 3.63) is 76.7 Å². The minimum atomic E-state index is -0.0943. The first-order valence-electron chi connectivity index (χ1n) is 9.62. The highest BCUT2D eigenvalue weighted by Gasteiger charge is 2.14. The molecule has 28 heavy (non-hydrogen) atoms. The number of nitrogens with zero attached hydrogens (tertiary/aromatic N) is 1. The van der Waals surface area contributed by atoms with Crippen LogP contribution < -0.4 is 5.32 Å². The van der Waals surface area contributed by atoms with Crippen LogP contribution in [0, 0.1) is 13.8 Å². The van der Waals surface area contributed by atoms with E-state index in [1.807, 2.05) is 50.2 Å². The normalized spacial score (nSPS) is 10.8. The Hall–Kier alpha value is -2.53. The van der Waals surface area contributed by atoms with Gasteiger partial charge in [0.05, 0.1) is 11.3 Å². The van der Waals surface area contributed by atoms with E-state index in [2.05, 4.69) is 29.5 Å². The Balaban J connectivity index is 1.68. The van der Waals surface area contributed by atoms with Crippen molar-refractivity contribution < 1.29 is 9.32 Å². The summed E-state index contributed by atoms with van der Waals surface area (Å²) in [5.74, 6) is 1.45. The van der Waals surface area contributed by atoms with Gasteiger partial charge in [0.1, 0.15) is 5.76 Å². The number of carbonyl (C=O) groups is 1. The third-order valence-electron chi connectivity index (χ3n) is 4.72. The summed E-state index contributed by atoms with van der Waals surface area (Å²) in [6, 6.07) is 15.8. The summed E-state index contributed by atoms with van der Waals surface area (Å²) in [6.07, 6.45) is 3.44. The van der Waals surface area contributed by atoms with Crippen LogP contribution in [0.3, 0.4) is 0 Å². The van der Waals surface area contributed by atoms with E-state index in [9.17, 15) is 4.79 Å². The second-order valence-electron chi connectivity index (χ2n) is 6.84. The Kier molecular flexibility index (Phi) is 6.93. The van der Waals surface area contributed by atoms with E-state index in [-0.39, 0.29) is 5.91 Å². The first-order chi connectivity index (χ1) is 13.6. The van der Waals surface area contributed by atoms with E-state index in [4.69, 9.17) is 4.52 Å². The summed E-state index contributed by atoms with van der Waals surface area (Å²) in [5.41, 5.74) is 4.78. The summed E-state index contributed by atoms with van der Waals surface area (Å²) in [7, 11) is 0. The lowest BCUT2D eigenvalue weighted by Gasteiger charge is -2.10. The zero-order valence-corrected chi connectivity index (χ0v) is 17.4. The van der Waals surface area contributed by atoms with Crippen LogP contribution in [0.25, 0.3) is 0 Å². The molecule has 0 fully saturated rings. The number of anilines is 1. The molecule has 2 aromatic carbocycles. The number of hydrogen-bond acceptors (Lipinski definition) is 4. The summed E-state index contributed by atoms with van der Waals surface area (Å²) < 4.78 is 5.23. The van der Waals surface area contributed by atoms with Crippen LogP contribution in [0.1, 0.15) is 52.7 Å². The molecule has 3 aromatic rings. The summed E-state index contributed by atoms with van der Waals surface area (Å²) >= 11 is 1.62. The third-order valence-corrected chi connectivity index (χ3v) is 5.82. The summed E-state index contributed by atoms with van der Waals surface area (Å²) in [6.45, 7) is 6.05. The van der Waals surface area contributed by atoms with Crippen molar-refractivity contribution >= 4 is 23.4 Å². The smallest absolute Gasteiger partial charge is 0.256 e.